The second kappa shape index (κ2) is 4.71. The molecule has 0 aromatic carbocycles. The molecular weight excluding hydrogens is 292 g/mol. The van der Waals surface area contributed by atoms with E-state index in [1.165, 1.54) is 24.6 Å². The number of rotatable bonds is 2. The lowest BCUT2D eigenvalue weighted by Gasteiger charge is -1.95. The van der Waals surface area contributed by atoms with E-state index in [1.54, 1.807) is 12.4 Å². The molecule has 0 spiro atoms. The molecule has 2 heterocycles. The SMILES string of the molecule is COC(=O)c1cnc(-c2cncc(Br)c2)s1. The van der Waals surface area contributed by atoms with Crippen LogP contribution in [0.1, 0.15) is 9.67 Å². The summed E-state index contributed by atoms with van der Waals surface area (Å²) in [5.74, 6) is -0.369. The first kappa shape index (κ1) is 11.2. The minimum atomic E-state index is -0.369. The number of ether oxygens (including phenoxy) is 1. The highest BCUT2D eigenvalue weighted by atomic mass is 79.9. The number of esters is 1. The first-order chi connectivity index (χ1) is 7.70. The molecule has 0 N–H and O–H groups in total. The van der Waals surface area contributed by atoms with Gasteiger partial charge in [-0.1, -0.05) is 0 Å². The molecule has 0 atom stereocenters. The van der Waals surface area contributed by atoms with Gasteiger partial charge in [0.25, 0.3) is 0 Å². The fourth-order valence-corrected chi connectivity index (χ4v) is 2.31. The Balaban J connectivity index is 2.35. The Hall–Kier alpha value is -1.27. The third kappa shape index (κ3) is 2.28. The van der Waals surface area contributed by atoms with Crippen molar-refractivity contribution in [3.63, 3.8) is 0 Å². The Morgan fingerprint density at radius 1 is 1.44 bits per heavy atom. The van der Waals surface area contributed by atoms with Crippen LogP contribution in [0.15, 0.2) is 29.1 Å². The van der Waals surface area contributed by atoms with Gasteiger partial charge in [-0.15, -0.1) is 11.3 Å². The van der Waals surface area contributed by atoms with E-state index in [9.17, 15) is 4.79 Å². The maximum Gasteiger partial charge on any atom is 0.349 e. The monoisotopic (exact) mass is 298 g/mol. The van der Waals surface area contributed by atoms with Crippen molar-refractivity contribution in [3.05, 3.63) is 34.0 Å². The lowest BCUT2D eigenvalue weighted by Crippen LogP contribution is -1.96. The summed E-state index contributed by atoms with van der Waals surface area (Å²) in [5, 5.41) is 0.745. The predicted molar refractivity (Wildman–Crippen MR) is 64.4 cm³/mol. The van der Waals surface area contributed by atoms with Crippen LogP contribution in [-0.2, 0) is 4.74 Å². The van der Waals surface area contributed by atoms with Crippen molar-refractivity contribution in [1.29, 1.82) is 0 Å². The van der Waals surface area contributed by atoms with Crippen LogP contribution in [0, 0.1) is 0 Å². The molecule has 0 aliphatic carbocycles. The fraction of sp³-hybridized carbons (Fsp3) is 0.100. The Kier molecular flexibility index (Phi) is 3.31. The van der Waals surface area contributed by atoms with Gasteiger partial charge in [-0.25, -0.2) is 9.78 Å². The van der Waals surface area contributed by atoms with Crippen molar-refractivity contribution in [1.82, 2.24) is 9.97 Å². The zero-order valence-electron chi connectivity index (χ0n) is 8.31. The second-order valence-corrected chi connectivity index (χ2v) is 4.86. The first-order valence-electron chi connectivity index (χ1n) is 4.36. The lowest BCUT2D eigenvalue weighted by atomic mass is 10.3. The highest BCUT2D eigenvalue weighted by Crippen LogP contribution is 2.26. The van der Waals surface area contributed by atoms with Crippen LogP contribution in [0.4, 0.5) is 0 Å². The quantitative estimate of drug-likeness (QED) is 0.800. The van der Waals surface area contributed by atoms with E-state index in [0.717, 1.165) is 15.0 Å². The summed E-state index contributed by atoms with van der Waals surface area (Å²) in [6, 6.07) is 1.90. The number of hydrogen-bond acceptors (Lipinski definition) is 5. The molecule has 2 aromatic heterocycles. The number of carbonyl (C=O) groups is 1. The number of aromatic nitrogens is 2. The van der Waals surface area contributed by atoms with E-state index in [0.29, 0.717) is 4.88 Å². The summed E-state index contributed by atoms with van der Waals surface area (Å²) in [7, 11) is 1.35. The molecule has 2 aromatic rings. The van der Waals surface area contributed by atoms with Crippen LogP contribution in [0.25, 0.3) is 10.6 Å². The van der Waals surface area contributed by atoms with Crippen LogP contribution in [0.2, 0.25) is 0 Å². The largest absolute Gasteiger partial charge is 0.465 e. The van der Waals surface area contributed by atoms with Crippen molar-refractivity contribution >= 4 is 33.2 Å². The molecule has 0 radical (unpaired) electrons. The number of carbonyl (C=O) groups excluding carboxylic acids is 1. The average molecular weight is 299 g/mol. The topological polar surface area (TPSA) is 52.1 Å². The van der Waals surface area contributed by atoms with Crippen LogP contribution < -0.4 is 0 Å². The van der Waals surface area contributed by atoms with Crippen molar-refractivity contribution in [2.75, 3.05) is 7.11 Å². The van der Waals surface area contributed by atoms with Crippen LogP contribution in [0.3, 0.4) is 0 Å². The molecule has 0 bridgehead atoms. The maximum absolute atomic E-state index is 11.2. The molecule has 0 aliphatic heterocycles. The van der Waals surface area contributed by atoms with Crippen LogP contribution >= 0.6 is 27.3 Å². The summed E-state index contributed by atoms with van der Waals surface area (Å²) >= 11 is 4.61. The van der Waals surface area contributed by atoms with E-state index >= 15 is 0 Å². The molecule has 82 valence electrons. The molecule has 0 amide bonds. The van der Waals surface area contributed by atoms with Gasteiger partial charge < -0.3 is 4.74 Å². The van der Waals surface area contributed by atoms with Crippen molar-refractivity contribution in [2.45, 2.75) is 0 Å². The van der Waals surface area contributed by atoms with E-state index in [2.05, 4.69) is 30.6 Å². The zero-order valence-corrected chi connectivity index (χ0v) is 10.7. The van der Waals surface area contributed by atoms with E-state index in [1.807, 2.05) is 6.07 Å². The van der Waals surface area contributed by atoms with Crippen LogP contribution in [0.5, 0.6) is 0 Å². The van der Waals surface area contributed by atoms with E-state index < -0.39 is 0 Å². The number of methoxy groups -OCH3 is 1. The Morgan fingerprint density at radius 2 is 2.25 bits per heavy atom. The van der Waals surface area contributed by atoms with Gasteiger partial charge in [0.2, 0.25) is 0 Å². The zero-order chi connectivity index (χ0) is 11.5. The van der Waals surface area contributed by atoms with Gasteiger partial charge in [-0.05, 0) is 22.0 Å². The molecule has 2 rings (SSSR count). The molecule has 0 fully saturated rings. The second-order valence-electron chi connectivity index (χ2n) is 2.91. The Bertz CT molecular complexity index is 527. The molecule has 0 saturated heterocycles. The average Bonchev–Trinajstić information content (AvgIpc) is 2.77. The third-order valence-electron chi connectivity index (χ3n) is 1.84. The van der Waals surface area contributed by atoms with Crippen molar-refractivity contribution in [2.24, 2.45) is 0 Å². The van der Waals surface area contributed by atoms with Crippen LogP contribution in [-0.4, -0.2) is 23.0 Å². The third-order valence-corrected chi connectivity index (χ3v) is 3.30. The highest BCUT2D eigenvalue weighted by molar-refractivity contribution is 9.10. The van der Waals surface area contributed by atoms with Gasteiger partial charge in [0.15, 0.2) is 0 Å². The summed E-state index contributed by atoms with van der Waals surface area (Å²) < 4.78 is 5.49. The van der Waals surface area contributed by atoms with Gasteiger partial charge in [-0.3, -0.25) is 4.98 Å². The number of thiazole rings is 1. The Labute approximate surface area is 104 Å². The first-order valence-corrected chi connectivity index (χ1v) is 5.96. The fourth-order valence-electron chi connectivity index (χ4n) is 1.13. The summed E-state index contributed by atoms with van der Waals surface area (Å²) in [6.07, 6.45) is 4.90. The summed E-state index contributed by atoms with van der Waals surface area (Å²) in [5.41, 5.74) is 0.870. The molecule has 16 heavy (non-hydrogen) atoms. The summed E-state index contributed by atoms with van der Waals surface area (Å²) in [6.45, 7) is 0. The smallest absolute Gasteiger partial charge is 0.349 e. The summed E-state index contributed by atoms with van der Waals surface area (Å²) in [4.78, 5) is 19.9. The van der Waals surface area contributed by atoms with Crippen molar-refractivity contribution in [3.8, 4) is 10.6 Å². The minimum Gasteiger partial charge on any atom is -0.465 e. The van der Waals surface area contributed by atoms with Gasteiger partial charge in [-0.2, -0.15) is 0 Å². The van der Waals surface area contributed by atoms with Gasteiger partial charge >= 0.3 is 5.97 Å². The minimum absolute atomic E-state index is 0.369. The number of nitrogens with zero attached hydrogens (tertiary/aromatic N) is 2. The number of hydrogen-bond donors (Lipinski definition) is 0. The van der Waals surface area contributed by atoms with Gasteiger partial charge in [0.1, 0.15) is 9.88 Å². The predicted octanol–water partition coefficient (Wildman–Crippen LogP) is 2.75. The molecule has 6 heteroatoms. The van der Waals surface area contributed by atoms with Gasteiger partial charge in [0.05, 0.1) is 13.3 Å². The highest BCUT2D eigenvalue weighted by Gasteiger charge is 2.11. The molecule has 0 unspecified atom stereocenters. The molecule has 4 nitrogen and oxygen atoms in total. The number of pyridine rings is 1. The standard InChI is InChI=1S/C10H7BrN2O2S/c1-15-10(14)8-5-13-9(16-8)6-2-7(11)4-12-3-6/h2-5H,1H3. The lowest BCUT2D eigenvalue weighted by molar-refractivity contribution is 0.0606. The maximum atomic E-state index is 11.2. The number of halogens is 1. The molecular formula is C10H7BrN2O2S. The molecule has 0 aliphatic rings. The van der Waals surface area contributed by atoms with Gasteiger partial charge in [0, 0.05) is 22.4 Å². The van der Waals surface area contributed by atoms with Crippen molar-refractivity contribution < 1.29 is 9.53 Å². The Morgan fingerprint density at radius 3 is 2.94 bits per heavy atom. The molecule has 0 saturated carbocycles. The normalized spacial score (nSPS) is 10.1. The van der Waals surface area contributed by atoms with E-state index in [4.69, 9.17) is 0 Å². The van der Waals surface area contributed by atoms with E-state index in [-0.39, 0.29) is 5.97 Å².